The van der Waals surface area contributed by atoms with E-state index in [0.717, 1.165) is 18.4 Å². The number of benzene rings is 2. The number of anilines is 1. The van der Waals surface area contributed by atoms with Crippen LogP contribution in [0.2, 0.25) is 0 Å². The van der Waals surface area contributed by atoms with Crippen LogP contribution >= 0.6 is 0 Å². The number of hydrazine groups is 1. The van der Waals surface area contributed by atoms with Gasteiger partial charge in [-0.05, 0) is 56.2 Å². The zero-order valence-electron chi connectivity index (χ0n) is 23.6. The molecule has 9 heteroatoms. The van der Waals surface area contributed by atoms with Crippen molar-refractivity contribution in [3.8, 4) is 0 Å². The number of rotatable bonds is 12. The van der Waals surface area contributed by atoms with Gasteiger partial charge >= 0.3 is 0 Å². The summed E-state index contributed by atoms with van der Waals surface area (Å²) in [4.78, 5) is 46.0. The zero-order chi connectivity index (χ0) is 28.9. The Morgan fingerprint density at radius 1 is 1.00 bits per heavy atom. The molecule has 2 aromatic carbocycles. The summed E-state index contributed by atoms with van der Waals surface area (Å²) >= 11 is 0. The first-order valence-corrected chi connectivity index (χ1v) is 14.0. The van der Waals surface area contributed by atoms with Crippen LogP contribution in [-0.2, 0) is 24.0 Å². The quantitative estimate of drug-likeness (QED) is 0.338. The molecule has 0 spiro atoms. The average molecular weight is 551 g/mol. The molecule has 0 aliphatic carbocycles. The summed E-state index contributed by atoms with van der Waals surface area (Å²) in [5.74, 6) is -2.77. The van der Waals surface area contributed by atoms with E-state index in [9.17, 15) is 14.4 Å². The van der Waals surface area contributed by atoms with Crippen LogP contribution in [0.15, 0.2) is 66.7 Å². The van der Waals surface area contributed by atoms with E-state index in [-0.39, 0.29) is 12.3 Å². The maximum atomic E-state index is 13.9. The first-order chi connectivity index (χ1) is 19.3. The van der Waals surface area contributed by atoms with Gasteiger partial charge in [-0.25, -0.2) is 15.3 Å². The van der Waals surface area contributed by atoms with Crippen LogP contribution in [0.3, 0.4) is 0 Å². The Morgan fingerprint density at radius 2 is 1.68 bits per heavy atom. The Balaban J connectivity index is 1.86. The Labute approximate surface area is 237 Å². The molecule has 1 fully saturated rings. The maximum absolute atomic E-state index is 13.9. The van der Waals surface area contributed by atoms with Gasteiger partial charge in [-0.3, -0.25) is 19.8 Å². The molecule has 0 radical (unpaired) electrons. The van der Waals surface area contributed by atoms with Gasteiger partial charge in [0.05, 0.1) is 23.6 Å². The molecule has 3 amide bonds. The lowest BCUT2D eigenvalue weighted by Gasteiger charge is -2.31. The molecular formula is C31H42N4O5. The highest BCUT2D eigenvalue weighted by Gasteiger charge is 2.36. The largest absolute Gasteiger partial charge is 0.350 e. The van der Waals surface area contributed by atoms with Gasteiger partial charge < -0.3 is 10.5 Å². The van der Waals surface area contributed by atoms with E-state index in [1.54, 1.807) is 31.2 Å². The molecule has 0 aromatic heterocycles. The first kappa shape index (κ1) is 31.0. The topological polar surface area (TPSA) is 123 Å². The van der Waals surface area contributed by atoms with Crippen molar-refractivity contribution in [1.29, 1.82) is 0 Å². The molecule has 40 heavy (non-hydrogen) atoms. The second kappa shape index (κ2) is 15.9. The van der Waals surface area contributed by atoms with Crippen LogP contribution in [0.1, 0.15) is 58.4 Å². The summed E-state index contributed by atoms with van der Waals surface area (Å²) < 4.78 is 5.58. The van der Waals surface area contributed by atoms with Gasteiger partial charge in [0.1, 0.15) is 0 Å². The molecule has 4 atom stereocenters. The Morgan fingerprint density at radius 3 is 2.27 bits per heavy atom. The molecule has 1 aliphatic heterocycles. The van der Waals surface area contributed by atoms with E-state index < -0.39 is 41.9 Å². The van der Waals surface area contributed by atoms with Crippen molar-refractivity contribution in [2.75, 3.05) is 11.6 Å². The third-order valence-electron chi connectivity index (χ3n) is 6.66. The Hall–Kier alpha value is -3.53. The minimum atomic E-state index is -0.846. The number of amides is 3. The van der Waals surface area contributed by atoms with Gasteiger partial charge in [0.2, 0.25) is 11.8 Å². The molecule has 4 N–H and O–H groups in total. The molecule has 0 bridgehead atoms. The van der Waals surface area contributed by atoms with Crippen molar-refractivity contribution in [2.45, 2.75) is 65.2 Å². The SMILES string of the molecule is CC(C)C[C@@H](C(=O)NN(C(=O)[C@@H](C)N)c1ccccc1)[C@H](C/C=C/c1ccccc1)C(=O)NOC1CCCCO1. The number of nitrogens with two attached hydrogens (primary N) is 1. The number of nitrogens with zero attached hydrogens (tertiary/aromatic N) is 1. The number of ether oxygens (including phenoxy) is 1. The predicted molar refractivity (Wildman–Crippen MR) is 155 cm³/mol. The van der Waals surface area contributed by atoms with E-state index in [4.69, 9.17) is 15.3 Å². The highest BCUT2D eigenvalue weighted by Crippen LogP contribution is 2.27. The van der Waals surface area contributed by atoms with Gasteiger partial charge in [0, 0.05) is 13.0 Å². The molecule has 216 valence electrons. The van der Waals surface area contributed by atoms with Crippen LogP contribution in [0.4, 0.5) is 5.69 Å². The summed E-state index contributed by atoms with van der Waals surface area (Å²) in [5.41, 5.74) is 12.7. The number of para-hydroxylation sites is 1. The summed E-state index contributed by atoms with van der Waals surface area (Å²) in [6, 6.07) is 17.7. The second-order valence-electron chi connectivity index (χ2n) is 10.5. The van der Waals surface area contributed by atoms with E-state index in [0.29, 0.717) is 25.1 Å². The number of carbonyl (C=O) groups is 3. The number of hydrogen-bond donors (Lipinski definition) is 3. The summed E-state index contributed by atoms with van der Waals surface area (Å²) in [7, 11) is 0. The molecule has 9 nitrogen and oxygen atoms in total. The van der Waals surface area contributed by atoms with Gasteiger partial charge in [-0.1, -0.05) is 74.5 Å². The lowest BCUT2D eigenvalue weighted by atomic mass is 9.82. The van der Waals surface area contributed by atoms with Crippen LogP contribution in [-0.4, -0.2) is 36.7 Å². The normalized spacial score (nSPS) is 17.7. The highest BCUT2D eigenvalue weighted by atomic mass is 16.8. The predicted octanol–water partition coefficient (Wildman–Crippen LogP) is 4.35. The van der Waals surface area contributed by atoms with Gasteiger partial charge in [0.15, 0.2) is 6.29 Å². The smallest absolute Gasteiger partial charge is 0.262 e. The lowest BCUT2D eigenvalue weighted by Crippen LogP contribution is -2.55. The fourth-order valence-corrected chi connectivity index (χ4v) is 4.56. The number of nitrogens with one attached hydrogen (secondary N) is 2. The molecule has 3 rings (SSSR count). The van der Waals surface area contributed by atoms with Gasteiger partial charge in [0.25, 0.3) is 5.91 Å². The third kappa shape index (κ3) is 9.59. The molecular weight excluding hydrogens is 508 g/mol. The van der Waals surface area contributed by atoms with Crippen LogP contribution in [0.5, 0.6) is 0 Å². The summed E-state index contributed by atoms with van der Waals surface area (Å²) in [6.45, 7) is 6.11. The van der Waals surface area contributed by atoms with Crippen LogP contribution in [0.25, 0.3) is 6.08 Å². The molecule has 1 unspecified atom stereocenters. The zero-order valence-corrected chi connectivity index (χ0v) is 23.6. The highest BCUT2D eigenvalue weighted by molar-refractivity contribution is 6.00. The molecule has 2 aromatic rings. The Bertz CT molecular complexity index is 1100. The van der Waals surface area contributed by atoms with E-state index in [1.165, 1.54) is 5.01 Å². The molecule has 0 saturated carbocycles. The lowest BCUT2D eigenvalue weighted by molar-refractivity contribution is -0.203. The number of hydrogen-bond acceptors (Lipinski definition) is 6. The number of carbonyl (C=O) groups excluding carboxylic acids is 3. The minimum absolute atomic E-state index is 0.0982. The van der Waals surface area contributed by atoms with E-state index in [1.807, 2.05) is 62.4 Å². The fourth-order valence-electron chi connectivity index (χ4n) is 4.56. The first-order valence-electron chi connectivity index (χ1n) is 14.0. The van der Waals surface area contributed by atoms with Crippen molar-refractivity contribution in [2.24, 2.45) is 23.5 Å². The average Bonchev–Trinajstić information content (AvgIpc) is 2.96. The van der Waals surface area contributed by atoms with E-state index >= 15 is 0 Å². The summed E-state index contributed by atoms with van der Waals surface area (Å²) in [5, 5.41) is 1.17. The monoisotopic (exact) mass is 550 g/mol. The van der Waals surface area contributed by atoms with Crippen molar-refractivity contribution in [1.82, 2.24) is 10.9 Å². The summed E-state index contributed by atoms with van der Waals surface area (Å²) in [6.07, 6.45) is 6.57. The van der Waals surface area contributed by atoms with E-state index in [2.05, 4.69) is 10.9 Å². The van der Waals surface area contributed by atoms with Crippen molar-refractivity contribution < 1.29 is 24.0 Å². The van der Waals surface area contributed by atoms with Crippen molar-refractivity contribution >= 4 is 29.5 Å². The molecule has 1 heterocycles. The fraction of sp³-hybridized carbons (Fsp3) is 0.452. The number of allylic oxidation sites excluding steroid dienone is 1. The van der Waals surface area contributed by atoms with Gasteiger partial charge in [-0.15, -0.1) is 0 Å². The number of hydroxylamine groups is 1. The van der Waals surface area contributed by atoms with Crippen molar-refractivity contribution in [3.63, 3.8) is 0 Å². The molecule has 1 aliphatic rings. The minimum Gasteiger partial charge on any atom is -0.350 e. The van der Waals surface area contributed by atoms with Crippen molar-refractivity contribution in [3.05, 3.63) is 72.3 Å². The van der Waals surface area contributed by atoms with Crippen LogP contribution < -0.4 is 21.6 Å². The standard InChI is InChI=1S/C31H42N4O5/c1-22(2)21-27(29(36)33-35(31(38)23(3)32)25-16-8-5-9-17-25)26(18-12-15-24-13-6-4-7-14-24)30(37)34-40-28-19-10-11-20-39-28/h4-9,12-17,22-23,26-28H,10-11,18-21,32H2,1-3H3,(H,33,36)(H,34,37)/b15-12+/t23-,26+,27-,28?/m1/s1. The maximum Gasteiger partial charge on any atom is 0.262 e. The second-order valence-corrected chi connectivity index (χ2v) is 10.5. The van der Waals surface area contributed by atoms with Crippen LogP contribution in [0, 0.1) is 17.8 Å². The molecule has 1 saturated heterocycles. The Kier molecular flexibility index (Phi) is 12.3. The third-order valence-corrected chi connectivity index (χ3v) is 6.66. The van der Waals surface area contributed by atoms with Gasteiger partial charge in [-0.2, -0.15) is 0 Å².